The maximum absolute atomic E-state index is 5.49. The Kier molecular flexibility index (Phi) is 6.22. The molecule has 1 aliphatic heterocycles. The van der Waals surface area contributed by atoms with Crippen LogP contribution in [0.25, 0.3) is 0 Å². The number of hydrogen-bond acceptors (Lipinski definition) is 5. The second kappa shape index (κ2) is 8.61. The van der Waals surface area contributed by atoms with Crippen LogP contribution in [0.1, 0.15) is 30.5 Å². The van der Waals surface area contributed by atoms with Crippen LogP contribution in [0.5, 0.6) is 5.75 Å². The van der Waals surface area contributed by atoms with E-state index in [1.165, 1.54) is 16.7 Å². The fourth-order valence-electron chi connectivity index (χ4n) is 3.90. The van der Waals surface area contributed by atoms with Crippen LogP contribution in [0.3, 0.4) is 0 Å². The van der Waals surface area contributed by atoms with Gasteiger partial charge in [-0.1, -0.05) is 12.1 Å². The lowest BCUT2D eigenvalue weighted by molar-refractivity contribution is 0.249. The van der Waals surface area contributed by atoms with E-state index >= 15 is 0 Å². The lowest BCUT2D eigenvalue weighted by Gasteiger charge is -2.36. The molecular formula is C22H32N4O. The van der Waals surface area contributed by atoms with Crippen molar-refractivity contribution in [2.75, 3.05) is 43.5 Å². The Labute approximate surface area is 163 Å². The van der Waals surface area contributed by atoms with Gasteiger partial charge in [-0.2, -0.15) is 0 Å². The Hall–Kier alpha value is -2.27. The van der Waals surface area contributed by atoms with E-state index in [9.17, 15) is 0 Å². The molecule has 27 heavy (non-hydrogen) atoms. The van der Waals surface area contributed by atoms with E-state index in [-0.39, 0.29) is 0 Å². The van der Waals surface area contributed by atoms with Gasteiger partial charge >= 0.3 is 0 Å². The summed E-state index contributed by atoms with van der Waals surface area (Å²) in [5.74, 6) is 2.07. The van der Waals surface area contributed by atoms with Crippen LogP contribution in [0, 0.1) is 13.8 Å². The fourth-order valence-corrected chi connectivity index (χ4v) is 3.90. The van der Waals surface area contributed by atoms with Crippen molar-refractivity contribution in [1.82, 2.24) is 9.88 Å². The van der Waals surface area contributed by atoms with Gasteiger partial charge < -0.3 is 15.0 Å². The number of aromatic nitrogens is 1. The van der Waals surface area contributed by atoms with Crippen molar-refractivity contribution in [2.24, 2.45) is 0 Å². The van der Waals surface area contributed by atoms with Crippen LogP contribution < -0.4 is 15.0 Å². The Morgan fingerprint density at radius 2 is 1.78 bits per heavy atom. The Morgan fingerprint density at radius 1 is 1.11 bits per heavy atom. The summed E-state index contributed by atoms with van der Waals surface area (Å²) in [4.78, 5) is 9.56. The number of hydrogen-bond donors (Lipinski definition) is 1. The predicted octanol–water partition coefficient (Wildman–Crippen LogP) is 3.85. The summed E-state index contributed by atoms with van der Waals surface area (Å²) in [6, 6.07) is 9.02. The van der Waals surface area contributed by atoms with E-state index in [4.69, 9.17) is 4.74 Å². The van der Waals surface area contributed by atoms with Gasteiger partial charge in [0.1, 0.15) is 5.75 Å². The van der Waals surface area contributed by atoms with Crippen LogP contribution in [0.4, 0.5) is 11.5 Å². The second-order valence-corrected chi connectivity index (χ2v) is 7.70. The number of ether oxygens (including phenoxy) is 1. The first kappa shape index (κ1) is 19.5. The van der Waals surface area contributed by atoms with Gasteiger partial charge in [-0.25, -0.2) is 4.98 Å². The minimum atomic E-state index is 0.399. The number of methoxy groups -OCH3 is 1. The summed E-state index contributed by atoms with van der Waals surface area (Å²) < 4.78 is 5.49. The maximum atomic E-state index is 5.49. The third-order valence-electron chi connectivity index (χ3n) is 5.03. The number of anilines is 2. The molecule has 0 bridgehead atoms. The molecule has 2 aromatic rings. The predicted molar refractivity (Wildman–Crippen MR) is 113 cm³/mol. The highest BCUT2D eigenvalue weighted by atomic mass is 16.5. The van der Waals surface area contributed by atoms with Crippen LogP contribution in [0.2, 0.25) is 0 Å². The summed E-state index contributed by atoms with van der Waals surface area (Å²) in [6.07, 6.45) is 1.89. The molecule has 0 aliphatic carbocycles. The highest BCUT2D eigenvalue weighted by molar-refractivity contribution is 5.65. The fraction of sp³-hybridized carbons (Fsp3) is 0.500. The SMILES string of the molecule is COc1c(C)cc(CN2CCN(c3ncccc3NC(C)C)CC2)cc1C. The second-order valence-electron chi connectivity index (χ2n) is 7.70. The molecule has 5 heteroatoms. The van der Waals surface area contributed by atoms with Crippen molar-refractivity contribution in [3.8, 4) is 5.75 Å². The first-order chi connectivity index (χ1) is 13.0. The minimum Gasteiger partial charge on any atom is -0.496 e. The molecule has 1 saturated heterocycles. The molecule has 0 radical (unpaired) electrons. The summed E-state index contributed by atoms with van der Waals surface area (Å²) in [5.41, 5.74) is 4.91. The molecule has 1 aromatic carbocycles. The number of rotatable bonds is 6. The molecule has 0 amide bonds. The molecule has 0 saturated carbocycles. The van der Waals surface area contributed by atoms with Gasteiger partial charge in [0.25, 0.3) is 0 Å². The van der Waals surface area contributed by atoms with E-state index in [2.05, 4.69) is 66.0 Å². The Morgan fingerprint density at radius 3 is 2.37 bits per heavy atom. The van der Waals surface area contributed by atoms with Gasteiger partial charge in [-0.05, 0) is 56.5 Å². The third kappa shape index (κ3) is 4.72. The van der Waals surface area contributed by atoms with Crippen LogP contribution in [-0.2, 0) is 6.54 Å². The summed E-state index contributed by atoms with van der Waals surface area (Å²) in [6.45, 7) is 13.6. The normalized spacial score (nSPS) is 15.3. The van der Waals surface area contributed by atoms with Gasteiger partial charge in [0, 0.05) is 45.0 Å². The van der Waals surface area contributed by atoms with Crippen LogP contribution in [-0.4, -0.2) is 49.2 Å². The molecule has 1 fully saturated rings. The molecule has 1 aliphatic rings. The zero-order chi connectivity index (χ0) is 19.4. The lowest BCUT2D eigenvalue weighted by Crippen LogP contribution is -2.46. The van der Waals surface area contributed by atoms with Crippen molar-refractivity contribution in [2.45, 2.75) is 40.3 Å². The van der Waals surface area contributed by atoms with Crippen LogP contribution >= 0.6 is 0 Å². The summed E-state index contributed by atoms with van der Waals surface area (Å²) in [5, 5.41) is 3.52. The van der Waals surface area contributed by atoms with E-state index in [0.717, 1.165) is 50.0 Å². The zero-order valence-corrected chi connectivity index (χ0v) is 17.2. The number of nitrogens with zero attached hydrogens (tertiary/aromatic N) is 3. The molecule has 1 N–H and O–H groups in total. The lowest BCUT2D eigenvalue weighted by atomic mass is 10.0. The molecule has 0 unspecified atom stereocenters. The Balaban J connectivity index is 1.63. The first-order valence-electron chi connectivity index (χ1n) is 9.81. The van der Waals surface area contributed by atoms with Gasteiger partial charge in [0.2, 0.25) is 0 Å². The van der Waals surface area contributed by atoms with Crippen molar-refractivity contribution in [1.29, 1.82) is 0 Å². The third-order valence-corrected chi connectivity index (χ3v) is 5.03. The number of piperazine rings is 1. The molecule has 1 aromatic heterocycles. The van der Waals surface area contributed by atoms with Gasteiger partial charge in [0.05, 0.1) is 12.8 Å². The van der Waals surface area contributed by atoms with Crippen molar-refractivity contribution in [3.63, 3.8) is 0 Å². The minimum absolute atomic E-state index is 0.399. The smallest absolute Gasteiger partial charge is 0.152 e. The highest BCUT2D eigenvalue weighted by Crippen LogP contribution is 2.27. The number of nitrogens with one attached hydrogen (secondary N) is 1. The van der Waals surface area contributed by atoms with Crippen molar-refractivity contribution in [3.05, 3.63) is 47.2 Å². The van der Waals surface area contributed by atoms with Gasteiger partial charge in [-0.15, -0.1) is 0 Å². The summed E-state index contributed by atoms with van der Waals surface area (Å²) >= 11 is 0. The quantitative estimate of drug-likeness (QED) is 0.839. The average molecular weight is 369 g/mol. The maximum Gasteiger partial charge on any atom is 0.152 e. The van der Waals surface area contributed by atoms with Gasteiger partial charge in [-0.3, -0.25) is 4.90 Å². The topological polar surface area (TPSA) is 40.6 Å². The molecule has 2 heterocycles. The standard InChI is InChI=1S/C22H32N4O/c1-16(2)24-20-7-6-8-23-22(20)26-11-9-25(10-12-26)15-19-13-17(3)21(27-5)18(4)14-19/h6-8,13-14,16,24H,9-12,15H2,1-5H3. The molecule has 5 nitrogen and oxygen atoms in total. The summed E-state index contributed by atoms with van der Waals surface area (Å²) in [7, 11) is 1.74. The largest absolute Gasteiger partial charge is 0.496 e. The van der Waals surface area contributed by atoms with Crippen LogP contribution in [0.15, 0.2) is 30.5 Å². The van der Waals surface area contributed by atoms with E-state index in [1.54, 1.807) is 7.11 Å². The first-order valence-corrected chi connectivity index (χ1v) is 9.81. The van der Waals surface area contributed by atoms with Crippen molar-refractivity contribution < 1.29 is 4.74 Å². The highest BCUT2D eigenvalue weighted by Gasteiger charge is 2.21. The van der Waals surface area contributed by atoms with E-state index < -0.39 is 0 Å². The molecule has 0 atom stereocenters. The van der Waals surface area contributed by atoms with Crippen molar-refractivity contribution >= 4 is 11.5 Å². The molecular weight excluding hydrogens is 336 g/mol. The number of pyridine rings is 1. The molecule has 146 valence electrons. The van der Waals surface area contributed by atoms with E-state index in [0.29, 0.717) is 6.04 Å². The molecule has 3 rings (SSSR count). The van der Waals surface area contributed by atoms with E-state index in [1.807, 2.05) is 12.3 Å². The van der Waals surface area contributed by atoms with Gasteiger partial charge in [0.15, 0.2) is 5.82 Å². The number of aryl methyl sites for hydroxylation is 2. The molecule has 0 spiro atoms. The average Bonchev–Trinajstić information content (AvgIpc) is 2.62. The number of benzene rings is 1. The Bertz CT molecular complexity index is 744. The monoisotopic (exact) mass is 368 g/mol. The zero-order valence-electron chi connectivity index (χ0n) is 17.2.